The van der Waals surface area contributed by atoms with Gasteiger partial charge in [-0.3, -0.25) is 0 Å². The molecule has 0 aromatic heterocycles. The molecule has 0 saturated carbocycles. The molecule has 64 valence electrons. The Hall–Kier alpha value is -0.170. The molecule has 0 spiro atoms. The molecule has 0 bridgehead atoms. The number of halogens is 3. The van der Waals surface area contributed by atoms with Gasteiger partial charge in [-0.25, -0.2) is 0 Å². The fourth-order valence-electron chi connectivity index (χ4n) is 0.935. The largest absolute Gasteiger partial charge is 0.121 e. The van der Waals surface area contributed by atoms with E-state index in [1.54, 1.807) is 12.1 Å². The van der Waals surface area contributed by atoms with Crippen LogP contribution in [0, 0.1) is 0 Å². The zero-order chi connectivity index (χ0) is 9.14. The molecule has 0 saturated heterocycles. The number of rotatable bonds is 2. The Kier molecular flexibility index (Phi) is 3.45. The average molecular weight is 222 g/mol. The lowest BCUT2D eigenvalue weighted by atomic mass is 10.1. The van der Waals surface area contributed by atoms with Crippen LogP contribution in [0.15, 0.2) is 18.7 Å². The second-order valence-electron chi connectivity index (χ2n) is 2.27. The van der Waals surface area contributed by atoms with Gasteiger partial charge in [0.1, 0.15) is 0 Å². The SMILES string of the molecule is C=Cc1ccc(Cl)c(Cl)c1CCl. The highest BCUT2D eigenvalue weighted by molar-refractivity contribution is 6.43. The molecule has 0 heterocycles. The summed E-state index contributed by atoms with van der Waals surface area (Å²) in [6, 6.07) is 3.58. The summed E-state index contributed by atoms with van der Waals surface area (Å²) in [4.78, 5) is 0. The van der Waals surface area contributed by atoms with E-state index in [0.29, 0.717) is 15.9 Å². The molecule has 0 atom stereocenters. The maximum atomic E-state index is 5.91. The van der Waals surface area contributed by atoms with Gasteiger partial charge in [0.15, 0.2) is 0 Å². The molecule has 0 aliphatic rings. The summed E-state index contributed by atoms with van der Waals surface area (Å²) in [6.07, 6.45) is 1.71. The molecule has 0 unspecified atom stereocenters. The van der Waals surface area contributed by atoms with E-state index in [9.17, 15) is 0 Å². The first-order valence-electron chi connectivity index (χ1n) is 3.36. The second kappa shape index (κ2) is 4.18. The molecular weight excluding hydrogens is 214 g/mol. The Morgan fingerprint density at radius 1 is 1.33 bits per heavy atom. The van der Waals surface area contributed by atoms with Crippen LogP contribution in [-0.4, -0.2) is 0 Å². The van der Waals surface area contributed by atoms with Gasteiger partial charge in [-0.1, -0.05) is 41.9 Å². The zero-order valence-electron chi connectivity index (χ0n) is 6.28. The van der Waals surface area contributed by atoms with Crippen LogP contribution in [0.4, 0.5) is 0 Å². The van der Waals surface area contributed by atoms with Crippen LogP contribution in [0.3, 0.4) is 0 Å². The third kappa shape index (κ3) is 1.77. The van der Waals surface area contributed by atoms with Crippen LogP contribution in [0.2, 0.25) is 10.0 Å². The fraction of sp³-hybridized carbons (Fsp3) is 0.111. The van der Waals surface area contributed by atoms with Gasteiger partial charge in [0.2, 0.25) is 0 Å². The summed E-state index contributed by atoms with van der Waals surface area (Å²) >= 11 is 17.4. The molecule has 1 rings (SSSR count). The van der Waals surface area contributed by atoms with Crippen molar-refractivity contribution >= 4 is 40.9 Å². The van der Waals surface area contributed by atoms with Crippen LogP contribution in [-0.2, 0) is 5.88 Å². The lowest BCUT2D eigenvalue weighted by Crippen LogP contribution is -1.86. The molecule has 1 aromatic rings. The summed E-state index contributed by atoms with van der Waals surface area (Å²) in [7, 11) is 0. The summed E-state index contributed by atoms with van der Waals surface area (Å²) in [5, 5.41) is 1.04. The average Bonchev–Trinajstić information content (AvgIpc) is 2.09. The lowest BCUT2D eigenvalue weighted by Gasteiger charge is -2.05. The van der Waals surface area contributed by atoms with E-state index < -0.39 is 0 Å². The number of hydrogen-bond donors (Lipinski definition) is 0. The Labute approximate surface area is 86.7 Å². The van der Waals surface area contributed by atoms with Gasteiger partial charge in [-0.2, -0.15) is 0 Å². The number of alkyl halides is 1. The van der Waals surface area contributed by atoms with E-state index >= 15 is 0 Å². The predicted octanol–water partition coefficient (Wildman–Crippen LogP) is 4.38. The van der Waals surface area contributed by atoms with Gasteiger partial charge in [-0.15, -0.1) is 11.6 Å². The van der Waals surface area contributed by atoms with Crippen LogP contribution in [0.25, 0.3) is 6.08 Å². The van der Waals surface area contributed by atoms with Gasteiger partial charge in [0.25, 0.3) is 0 Å². The molecule has 0 nitrogen and oxygen atoms in total. The van der Waals surface area contributed by atoms with Crippen molar-refractivity contribution in [2.75, 3.05) is 0 Å². The summed E-state index contributed by atoms with van der Waals surface area (Å²) in [5.41, 5.74) is 1.76. The first-order valence-corrected chi connectivity index (χ1v) is 4.65. The first-order chi connectivity index (χ1) is 5.70. The number of hydrogen-bond acceptors (Lipinski definition) is 0. The van der Waals surface area contributed by atoms with Gasteiger partial charge in [0.05, 0.1) is 10.0 Å². The molecule has 0 fully saturated rings. The molecule has 0 aliphatic heterocycles. The molecule has 3 heteroatoms. The highest BCUT2D eigenvalue weighted by atomic mass is 35.5. The van der Waals surface area contributed by atoms with Gasteiger partial charge < -0.3 is 0 Å². The minimum atomic E-state index is 0.348. The smallest absolute Gasteiger partial charge is 0.0642 e. The normalized spacial score (nSPS) is 9.92. The van der Waals surface area contributed by atoms with Crippen LogP contribution < -0.4 is 0 Å². The van der Waals surface area contributed by atoms with E-state index in [1.807, 2.05) is 6.07 Å². The Morgan fingerprint density at radius 2 is 2.00 bits per heavy atom. The number of benzene rings is 1. The van der Waals surface area contributed by atoms with Gasteiger partial charge >= 0.3 is 0 Å². The van der Waals surface area contributed by atoms with Crippen LogP contribution in [0.1, 0.15) is 11.1 Å². The van der Waals surface area contributed by atoms with E-state index in [0.717, 1.165) is 11.1 Å². The molecule has 12 heavy (non-hydrogen) atoms. The molecule has 0 aliphatic carbocycles. The van der Waals surface area contributed by atoms with E-state index in [2.05, 4.69) is 6.58 Å². The van der Waals surface area contributed by atoms with Gasteiger partial charge in [0, 0.05) is 5.88 Å². The quantitative estimate of drug-likeness (QED) is 0.650. The maximum absolute atomic E-state index is 5.91. The van der Waals surface area contributed by atoms with E-state index in [4.69, 9.17) is 34.8 Å². The standard InChI is InChI=1S/C9H7Cl3/c1-2-6-3-4-8(11)9(12)7(6)5-10/h2-4H,1,5H2. The monoisotopic (exact) mass is 220 g/mol. The van der Waals surface area contributed by atoms with E-state index in [-0.39, 0.29) is 0 Å². The third-order valence-electron chi connectivity index (χ3n) is 1.59. The van der Waals surface area contributed by atoms with Crippen molar-refractivity contribution in [1.29, 1.82) is 0 Å². The Bertz CT molecular complexity index is 305. The van der Waals surface area contributed by atoms with E-state index in [1.165, 1.54) is 0 Å². The van der Waals surface area contributed by atoms with Crippen molar-refractivity contribution in [3.05, 3.63) is 39.9 Å². The highest BCUT2D eigenvalue weighted by Crippen LogP contribution is 2.30. The van der Waals surface area contributed by atoms with Crippen molar-refractivity contribution in [2.45, 2.75) is 5.88 Å². The Balaban J connectivity index is 3.35. The molecular formula is C9H7Cl3. The summed E-state index contributed by atoms with van der Waals surface area (Å²) < 4.78 is 0. The first kappa shape index (κ1) is 9.91. The minimum Gasteiger partial charge on any atom is -0.121 e. The highest BCUT2D eigenvalue weighted by Gasteiger charge is 2.06. The van der Waals surface area contributed by atoms with Crippen molar-refractivity contribution in [3.63, 3.8) is 0 Å². The molecule has 0 amide bonds. The topological polar surface area (TPSA) is 0 Å². The van der Waals surface area contributed by atoms with Crippen molar-refractivity contribution in [2.24, 2.45) is 0 Å². The molecule has 0 N–H and O–H groups in total. The summed E-state index contributed by atoms with van der Waals surface area (Å²) in [5.74, 6) is 0.348. The van der Waals surface area contributed by atoms with Crippen molar-refractivity contribution in [3.8, 4) is 0 Å². The third-order valence-corrected chi connectivity index (χ3v) is 2.70. The lowest BCUT2D eigenvalue weighted by molar-refractivity contribution is 1.38. The molecule has 0 radical (unpaired) electrons. The minimum absolute atomic E-state index is 0.348. The van der Waals surface area contributed by atoms with Crippen molar-refractivity contribution < 1.29 is 0 Å². The fourth-order valence-corrected chi connectivity index (χ4v) is 1.71. The van der Waals surface area contributed by atoms with Crippen LogP contribution in [0.5, 0.6) is 0 Å². The molecule has 1 aromatic carbocycles. The summed E-state index contributed by atoms with van der Waals surface area (Å²) in [6.45, 7) is 3.65. The van der Waals surface area contributed by atoms with Crippen molar-refractivity contribution in [1.82, 2.24) is 0 Å². The van der Waals surface area contributed by atoms with Crippen LogP contribution >= 0.6 is 34.8 Å². The predicted molar refractivity (Wildman–Crippen MR) is 56.1 cm³/mol. The zero-order valence-corrected chi connectivity index (χ0v) is 8.55. The van der Waals surface area contributed by atoms with Gasteiger partial charge in [-0.05, 0) is 17.2 Å². The Morgan fingerprint density at radius 3 is 2.50 bits per heavy atom. The maximum Gasteiger partial charge on any atom is 0.0642 e. The second-order valence-corrected chi connectivity index (χ2v) is 3.32.